The molecule has 2 N–H and O–H groups in total. The second-order valence-corrected chi connectivity index (χ2v) is 6.97. The molecule has 1 aliphatic rings. The molecule has 1 saturated carbocycles. The summed E-state index contributed by atoms with van der Waals surface area (Å²) < 4.78 is 0. The molecule has 18 heavy (non-hydrogen) atoms. The molecule has 0 spiro atoms. The molecule has 0 heterocycles. The topological polar surface area (TPSA) is 29.3 Å². The molecule has 1 aliphatic carbocycles. The van der Waals surface area contributed by atoms with Gasteiger partial charge >= 0.3 is 0 Å². The first-order valence-corrected chi connectivity index (χ1v) is 6.80. The first-order valence-electron chi connectivity index (χ1n) is 6.80. The zero-order chi connectivity index (χ0) is 13.6. The van der Waals surface area contributed by atoms with E-state index in [1.165, 1.54) is 11.1 Å². The summed E-state index contributed by atoms with van der Waals surface area (Å²) in [5.41, 5.74) is 9.33. The van der Waals surface area contributed by atoms with E-state index >= 15 is 0 Å². The molecule has 1 atom stereocenters. The maximum Gasteiger partial charge on any atom is 0.0523 e. The number of hydrogen-bond donors (Lipinski definition) is 1. The largest absolute Gasteiger partial charge is 0.323 e. The van der Waals surface area contributed by atoms with E-state index in [1.807, 2.05) is 0 Å². The van der Waals surface area contributed by atoms with Crippen LogP contribution in [0.5, 0.6) is 0 Å². The number of nitrogens with zero attached hydrogens (tertiary/aromatic N) is 1. The highest BCUT2D eigenvalue weighted by Crippen LogP contribution is 2.46. The van der Waals surface area contributed by atoms with Gasteiger partial charge in [0.2, 0.25) is 0 Å². The monoisotopic (exact) mass is 246 g/mol. The normalized spacial score (nSPS) is 19.9. The highest BCUT2D eigenvalue weighted by atomic mass is 15.1. The van der Waals surface area contributed by atoms with Gasteiger partial charge in [-0.1, -0.05) is 45.0 Å². The first-order chi connectivity index (χ1) is 8.24. The zero-order valence-electron chi connectivity index (χ0n) is 12.3. The summed E-state index contributed by atoms with van der Waals surface area (Å²) in [5.74, 6) is 0. The number of likely N-dealkylation sites (N-methyl/N-ethyl adjacent to an activating group) is 1. The highest BCUT2D eigenvalue weighted by molar-refractivity contribution is 5.32. The maximum atomic E-state index is 6.41. The third kappa shape index (κ3) is 2.60. The van der Waals surface area contributed by atoms with Crippen LogP contribution in [0, 0.1) is 0 Å². The van der Waals surface area contributed by atoms with Crippen molar-refractivity contribution in [2.75, 3.05) is 14.1 Å². The molecule has 2 rings (SSSR count). The lowest BCUT2D eigenvalue weighted by atomic mass is 9.85. The number of rotatable bonds is 3. The van der Waals surface area contributed by atoms with Crippen molar-refractivity contribution in [1.29, 1.82) is 0 Å². The van der Waals surface area contributed by atoms with Crippen molar-refractivity contribution in [2.24, 2.45) is 5.73 Å². The Morgan fingerprint density at radius 3 is 1.94 bits per heavy atom. The summed E-state index contributed by atoms with van der Waals surface area (Å²) in [7, 11) is 4.24. The Hall–Kier alpha value is -0.860. The fourth-order valence-corrected chi connectivity index (χ4v) is 2.73. The van der Waals surface area contributed by atoms with Crippen molar-refractivity contribution in [3.63, 3.8) is 0 Å². The quantitative estimate of drug-likeness (QED) is 0.888. The van der Waals surface area contributed by atoms with E-state index in [0.717, 1.165) is 12.8 Å². The van der Waals surface area contributed by atoms with Crippen LogP contribution in [0.2, 0.25) is 0 Å². The summed E-state index contributed by atoms with van der Waals surface area (Å²) in [6, 6.07) is 9.33. The molecule has 2 heteroatoms. The highest BCUT2D eigenvalue weighted by Gasteiger charge is 2.47. The lowest BCUT2D eigenvalue weighted by Gasteiger charge is -2.31. The van der Waals surface area contributed by atoms with Crippen LogP contribution in [0.25, 0.3) is 0 Å². The van der Waals surface area contributed by atoms with Gasteiger partial charge in [0, 0.05) is 5.54 Å². The van der Waals surface area contributed by atoms with Crippen LogP contribution >= 0.6 is 0 Å². The molecular formula is C16H26N2. The van der Waals surface area contributed by atoms with Gasteiger partial charge in [-0.2, -0.15) is 0 Å². The molecule has 1 aromatic rings. The zero-order valence-corrected chi connectivity index (χ0v) is 12.3. The van der Waals surface area contributed by atoms with Gasteiger partial charge in [0.25, 0.3) is 0 Å². The fourth-order valence-electron chi connectivity index (χ4n) is 2.73. The van der Waals surface area contributed by atoms with Gasteiger partial charge in [-0.15, -0.1) is 0 Å². The van der Waals surface area contributed by atoms with Gasteiger partial charge in [0.1, 0.15) is 0 Å². The average molecular weight is 246 g/mol. The predicted molar refractivity (Wildman–Crippen MR) is 77.7 cm³/mol. The van der Waals surface area contributed by atoms with Gasteiger partial charge in [-0.3, -0.25) is 0 Å². The minimum atomic E-state index is -0.00719. The Bertz CT molecular complexity index is 408. The van der Waals surface area contributed by atoms with E-state index < -0.39 is 0 Å². The molecule has 1 aromatic carbocycles. The molecule has 0 bridgehead atoms. The van der Waals surface area contributed by atoms with Gasteiger partial charge in [0.05, 0.1) is 6.04 Å². The van der Waals surface area contributed by atoms with Crippen LogP contribution in [-0.2, 0) is 5.41 Å². The van der Waals surface area contributed by atoms with E-state index in [9.17, 15) is 0 Å². The third-order valence-corrected chi connectivity index (χ3v) is 3.98. The summed E-state index contributed by atoms with van der Waals surface area (Å²) in [6.07, 6.45) is 2.27. The first kappa shape index (κ1) is 13.6. The summed E-state index contributed by atoms with van der Waals surface area (Å²) in [5, 5.41) is 0. The van der Waals surface area contributed by atoms with Crippen molar-refractivity contribution in [3.05, 3.63) is 35.4 Å². The van der Waals surface area contributed by atoms with Gasteiger partial charge < -0.3 is 10.6 Å². The SMILES string of the molecule is CN(C)C(c1ccc(C(C)(C)C)cc1)C1(N)CC1. The van der Waals surface area contributed by atoms with Crippen molar-refractivity contribution >= 4 is 0 Å². The maximum absolute atomic E-state index is 6.41. The second kappa shape index (κ2) is 4.36. The Kier molecular flexibility index (Phi) is 3.28. The number of hydrogen-bond acceptors (Lipinski definition) is 2. The van der Waals surface area contributed by atoms with Crippen LogP contribution in [0.1, 0.15) is 50.8 Å². The minimum Gasteiger partial charge on any atom is -0.323 e. The van der Waals surface area contributed by atoms with Gasteiger partial charge in [-0.25, -0.2) is 0 Å². The summed E-state index contributed by atoms with van der Waals surface area (Å²) >= 11 is 0. The molecule has 1 fully saturated rings. The molecule has 2 nitrogen and oxygen atoms in total. The van der Waals surface area contributed by atoms with Crippen LogP contribution in [0.4, 0.5) is 0 Å². The molecule has 0 aliphatic heterocycles. The van der Waals surface area contributed by atoms with E-state index in [4.69, 9.17) is 5.73 Å². The Morgan fingerprint density at radius 1 is 1.11 bits per heavy atom. The molecule has 1 unspecified atom stereocenters. The molecule has 0 amide bonds. The van der Waals surface area contributed by atoms with Crippen LogP contribution in [-0.4, -0.2) is 24.5 Å². The fraction of sp³-hybridized carbons (Fsp3) is 0.625. The minimum absolute atomic E-state index is 0.00719. The lowest BCUT2D eigenvalue weighted by molar-refractivity contribution is 0.246. The van der Waals surface area contributed by atoms with Crippen LogP contribution in [0.3, 0.4) is 0 Å². The average Bonchev–Trinajstić information content (AvgIpc) is 2.96. The van der Waals surface area contributed by atoms with Crippen molar-refractivity contribution in [1.82, 2.24) is 4.90 Å². The summed E-state index contributed by atoms with van der Waals surface area (Å²) in [6.45, 7) is 6.74. The van der Waals surface area contributed by atoms with Crippen molar-refractivity contribution in [2.45, 2.75) is 50.6 Å². The van der Waals surface area contributed by atoms with E-state index in [0.29, 0.717) is 6.04 Å². The Labute approximate surface area is 111 Å². The predicted octanol–water partition coefficient (Wildman–Crippen LogP) is 3.08. The molecule has 100 valence electrons. The molecule has 0 aromatic heterocycles. The van der Waals surface area contributed by atoms with Crippen molar-refractivity contribution in [3.8, 4) is 0 Å². The van der Waals surface area contributed by atoms with Crippen LogP contribution in [0.15, 0.2) is 24.3 Å². The van der Waals surface area contributed by atoms with Gasteiger partial charge in [-0.05, 0) is 43.5 Å². The number of benzene rings is 1. The van der Waals surface area contributed by atoms with E-state index in [2.05, 4.69) is 64.0 Å². The molecule has 0 saturated heterocycles. The van der Waals surface area contributed by atoms with Crippen LogP contribution < -0.4 is 5.73 Å². The van der Waals surface area contributed by atoms with E-state index in [1.54, 1.807) is 0 Å². The molecular weight excluding hydrogens is 220 g/mol. The lowest BCUT2D eigenvalue weighted by Crippen LogP contribution is -2.39. The number of nitrogens with two attached hydrogens (primary N) is 1. The third-order valence-electron chi connectivity index (χ3n) is 3.98. The van der Waals surface area contributed by atoms with Gasteiger partial charge in [0.15, 0.2) is 0 Å². The Morgan fingerprint density at radius 2 is 1.61 bits per heavy atom. The Balaban J connectivity index is 2.28. The smallest absolute Gasteiger partial charge is 0.0523 e. The van der Waals surface area contributed by atoms with E-state index in [-0.39, 0.29) is 11.0 Å². The molecule has 0 radical (unpaired) electrons. The van der Waals surface area contributed by atoms with Crippen molar-refractivity contribution < 1.29 is 0 Å². The summed E-state index contributed by atoms with van der Waals surface area (Å²) in [4.78, 5) is 2.25. The second-order valence-electron chi connectivity index (χ2n) is 6.97. The standard InChI is InChI=1S/C16H26N2/c1-15(2,3)13-8-6-12(7-9-13)14(18(4)5)16(17)10-11-16/h6-9,14H,10-11,17H2,1-5H3.